The molecule has 0 amide bonds. The summed E-state index contributed by atoms with van der Waals surface area (Å²) in [5.41, 5.74) is 19.0. The zero-order valence-corrected chi connectivity index (χ0v) is 45.8. The van der Waals surface area contributed by atoms with Gasteiger partial charge in [-0.15, -0.1) is 0 Å². The van der Waals surface area contributed by atoms with E-state index in [1.807, 2.05) is 66.7 Å². The summed E-state index contributed by atoms with van der Waals surface area (Å²) >= 11 is 0. The van der Waals surface area contributed by atoms with E-state index in [2.05, 4.69) is 253 Å². The molecule has 0 N–H and O–H groups in total. The molecule has 0 saturated heterocycles. The average molecular weight is 1090 g/mol. The molecule has 9 heteroatoms. The minimum atomic E-state index is 0.574. The van der Waals surface area contributed by atoms with Crippen molar-refractivity contribution in [2.45, 2.75) is 0 Å². The van der Waals surface area contributed by atoms with Gasteiger partial charge in [0.2, 0.25) is 11.7 Å². The molecular weight excluding hydrogens is 1040 g/mol. The standard InChI is InChI=1S/C40H25N7.C36H24N2/c1-3-13-26(14-4-1)37-42-38(27-15-5-2-6-16-27)44-39(43-37)46-32-19-9-7-17-29(32)30-25-28(23-24-33(30)46)45-35-21-11-12-22-36(35)47-34-20-10-8-18-31(34)41-40(45)47;1-3-11-27(12-4-1)37-33-17-9-7-15-29(33)31-23-25(19-21-35(31)37)26-20-22-36-32(24-26)30-16-8-10-18-34(30)38(36)28-13-5-2-6-14-28/h1-25H;1-24H. The number of imidazole rings is 2. The lowest BCUT2D eigenvalue weighted by Crippen LogP contribution is -2.06. The van der Waals surface area contributed by atoms with Gasteiger partial charge >= 0.3 is 0 Å². The lowest BCUT2D eigenvalue weighted by Gasteiger charge is -2.11. The van der Waals surface area contributed by atoms with Gasteiger partial charge in [0.25, 0.3) is 0 Å². The summed E-state index contributed by atoms with van der Waals surface area (Å²) in [6.07, 6.45) is 0. The van der Waals surface area contributed by atoms with E-state index in [9.17, 15) is 0 Å². The second-order valence-electron chi connectivity index (χ2n) is 21.5. The molecule has 18 rings (SSSR count). The summed E-state index contributed by atoms with van der Waals surface area (Å²) in [7, 11) is 0. The number of nitrogens with zero attached hydrogens (tertiary/aromatic N) is 9. The Hall–Kier alpha value is -11.7. The fourth-order valence-corrected chi connectivity index (χ4v) is 12.8. The molecule has 9 nitrogen and oxygen atoms in total. The Bertz CT molecular complexity index is 5380. The SMILES string of the molecule is c1ccc(-c2nc(-c3ccccc3)nc(-n3c4ccccc4c4cc(-n5c6ccccc6n6c7ccccc7nc56)ccc43)n2)cc1.c1ccc(-n2c3ccccc3c3cc(-c4ccc5c(c4)c4ccccc4n5-c4ccccc4)ccc32)cc1. The summed E-state index contributed by atoms with van der Waals surface area (Å²) in [6, 6.07) is 104. The van der Waals surface area contributed by atoms with Gasteiger partial charge in [0, 0.05) is 60.5 Å². The van der Waals surface area contributed by atoms with Gasteiger partial charge in [-0.3, -0.25) is 13.5 Å². The quantitative estimate of drug-likeness (QED) is 0.159. The Kier molecular flexibility index (Phi) is 11.0. The maximum Gasteiger partial charge on any atom is 0.238 e. The molecule has 6 heterocycles. The van der Waals surface area contributed by atoms with Gasteiger partial charge in [-0.1, -0.05) is 188 Å². The first-order chi connectivity index (χ1) is 42.2. The van der Waals surface area contributed by atoms with Crippen LogP contribution in [0, 0.1) is 0 Å². The minimum Gasteiger partial charge on any atom is -0.309 e. The summed E-state index contributed by atoms with van der Waals surface area (Å²) < 4.78 is 11.4. The maximum absolute atomic E-state index is 5.09. The van der Waals surface area contributed by atoms with Gasteiger partial charge in [-0.2, -0.15) is 9.97 Å². The highest BCUT2D eigenvalue weighted by atomic mass is 15.2. The van der Waals surface area contributed by atoms with Crippen molar-refractivity contribution >= 4 is 93.3 Å². The molecule has 0 radical (unpaired) electrons. The number of para-hydroxylation sites is 9. The highest BCUT2D eigenvalue weighted by Crippen LogP contribution is 2.40. The first-order valence-electron chi connectivity index (χ1n) is 28.6. The molecular formula is C76H49N9. The molecule has 12 aromatic carbocycles. The topological polar surface area (TPSA) is 75.7 Å². The average Bonchev–Trinajstić information content (AvgIpc) is 2.02. The van der Waals surface area contributed by atoms with Crippen molar-refractivity contribution in [3.05, 3.63) is 297 Å². The van der Waals surface area contributed by atoms with Crippen LogP contribution in [0.4, 0.5) is 0 Å². The molecule has 0 aliphatic heterocycles. The van der Waals surface area contributed by atoms with E-state index < -0.39 is 0 Å². The zero-order valence-electron chi connectivity index (χ0n) is 45.8. The summed E-state index contributed by atoms with van der Waals surface area (Å²) in [5, 5.41) is 7.31. The fraction of sp³-hybridized carbons (Fsp3) is 0. The third-order valence-corrected chi connectivity index (χ3v) is 16.6. The normalized spacial score (nSPS) is 11.8. The molecule has 85 heavy (non-hydrogen) atoms. The van der Waals surface area contributed by atoms with Crippen LogP contribution in [0.3, 0.4) is 0 Å². The van der Waals surface area contributed by atoms with Gasteiger partial charge in [0.15, 0.2) is 11.6 Å². The molecule has 0 saturated carbocycles. The highest BCUT2D eigenvalue weighted by Gasteiger charge is 2.22. The number of hydrogen-bond acceptors (Lipinski definition) is 4. The van der Waals surface area contributed by atoms with Crippen molar-refractivity contribution in [1.29, 1.82) is 0 Å². The highest BCUT2D eigenvalue weighted by molar-refractivity contribution is 6.13. The van der Waals surface area contributed by atoms with Crippen LogP contribution < -0.4 is 0 Å². The fourth-order valence-electron chi connectivity index (χ4n) is 12.8. The van der Waals surface area contributed by atoms with Crippen molar-refractivity contribution in [1.82, 2.24) is 42.6 Å². The van der Waals surface area contributed by atoms with Crippen molar-refractivity contribution in [3.63, 3.8) is 0 Å². The third kappa shape index (κ3) is 7.79. The van der Waals surface area contributed by atoms with Crippen LogP contribution in [0.1, 0.15) is 0 Å². The summed E-state index contributed by atoms with van der Waals surface area (Å²) in [5.74, 6) is 2.71. The molecule has 0 aliphatic carbocycles. The smallest absolute Gasteiger partial charge is 0.238 e. The van der Waals surface area contributed by atoms with E-state index in [1.165, 1.54) is 66.1 Å². The van der Waals surface area contributed by atoms with Crippen LogP contribution in [0.25, 0.3) is 150 Å². The molecule has 0 fully saturated rings. The second-order valence-corrected chi connectivity index (χ2v) is 21.5. The molecule has 0 unspecified atom stereocenters. The van der Waals surface area contributed by atoms with Crippen LogP contribution in [0.5, 0.6) is 0 Å². The Morgan fingerprint density at radius 2 is 0.600 bits per heavy atom. The van der Waals surface area contributed by atoms with E-state index in [4.69, 9.17) is 19.9 Å². The lowest BCUT2D eigenvalue weighted by molar-refractivity contribution is 0.953. The van der Waals surface area contributed by atoms with Gasteiger partial charge < -0.3 is 9.13 Å². The van der Waals surface area contributed by atoms with Gasteiger partial charge in [0.05, 0.1) is 55.2 Å². The summed E-state index contributed by atoms with van der Waals surface area (Å²) in [4.78, 5) is 20.2. The van der Waals surface area contributed by atoms with Crippen molar-refractivity contribution in [2.24, 2.45) is 0 Å². The molecule has 18 aromatic rings. The van der Waals surface area contributed by atoms with Crippen molar-refractivity contribution in [3.8, 4) is 56.9 Å². The van der Waals surface area contributed by atoms with E-state index >= 15 is 0 Å². The van der Waals surface area contributed by atoms with Crippen molar-refractivity contribution < 1.29 is 0 Å². The zero-order chi connectivity index (χ0) is 56.0. The van der Waals surface area contributed by atoms with Crippen LogP contribution in [0.2, 0.25) is 0 Å². The number of rotatable bonds is 7. The van der Waals surface area contributed by atoms with Gasteiger partial charge in [0.1, 0.15) is 0 Å². The number of fused-ring (bicyclic) bond motifs is 14. The predicted octanol–water partition coefficient (Wildman–Crippen LogP) is 18.6. The second kappa shape index (κ2) is 19.5. The maximum atomic E-state index is 5.09. The van der Waals surface area contributed by atoms with Crippen molar-refractivity contribution in [2.75, 3.05) is 0 Å². The largest absolute Gasteiger partial charge is 0.309 e. The molecule has 0 bridgehead atoms. The lowest BCUT2D eigenvalue weighted by atomic mass is 10.0. The van der Waals surface area contributed by atoms with Gasteiger partial charge in [-0.25, -0.2) is 9.97 Å². The van der Waals surface area contributed by atoms with Crippen LogP contribution >= 0.6 is 0 Å². The molecule has 6 aromatic heterocycles. The number of hydrogen-bond donors (Lipinski definition) is 0. The van der Waals surface area contributed by atoms with E-state index in [0.717, 1.165) is 66.5 Å². The Labute approximate surface area is 487 Å². The monoisotopic (exact) mass is 1090 g/mol. The molecule has 0 spiro atoms. The third-order valence-electron chi connectivity index (χ3n) is 16.6. The summed E-state index contributed by atoms with van der Waals surface area (Å²) in [6.45, 7) is 0. The Morgan fingerprint density at radius 3 is 1.13 bits per heavy atom. The predicted molar refractivity (Wildman–Crippen MR) is 349 cm³/mol. The molecule has 0 aliphatic rings. The Morgan fingerprint density at radius 1 is 0.212 bits per heavy atom. The Balaban J connectivity index is 0.000000136. The van der Waals surface area contributed by atoms with Crippen LogP contribution in [0.15, 0.2) is 297 Å². The number of aromatic nitrogens is 9. The first-order valence-corrected chi connectivity index (χ1v) is 28.6. The number of benzene rings is 12. The van der Waals surface area contributed by atoms with Gasteiger partial charge in [-0.05, 0) is 120 Å². The molecule has 398 valence electrons. The first kappa shape index (κ1) is 48.1. The van der Waals surface area contributed by atoms with E-state index in [-0.39, 0.29) is 0 Å². The van der Waals surface area contributed by atoms with Crippen LogP contribution in [-0.4, -0.2) is 42.6 Å². The van der Waals surface area contributed by atoms with Crippen LogP contribution in [-0.2, 0) is 0 Å². The van der Waals surface area contributed by atoms with E-state index in [0.29, 0.717) is 17.6 Å². The van der Waals surface area contributed by atoms with E-state index in [1.54, 1.807) is 0 Å². The molecule has 0 atom stereocenters. The minimum absolute atomic E-state index is 0.574.